The number of likely N-dealkylation sites (N-methyl/N-ethyl adjacent to an activating group) is 1. The summed E-state index contributed by atoms with van der Waals surface area (Å²) in [6, 6.07) is 12.6. The van der Waals surface area contributed by atoms with Crippen LogP contribution in [0.4, 0.5) is 4.39 Å². The van der Waals surface area contributed by atoms with E-state index in [1.54, 1.807) is 45.5 Å². The van der Waals surface area contributed by atoms with E-state index >= 15 is 0 Å². The predicted molar refractivity (Wildman–Crippen MR) is 103 cm³/mol. The molecule has 2 heterocycles. The molecule has 2 nitrogen and oxygen atoms in total. The van der Waals surface area contributed by atoms with Crippen molar-refractivity contribution < 1.29 is 14.2 Å². The molecule has 1 fully saturated rings. The average molecular weight is 377 g/mol. The third-order valence-corrected chi connectivity index (χ3v) is 7.42. The first-order chi connectivity index (χ1) is 12.1. The second-order valence-corrected chi connectivity index (χ2v) is 9.09. The Morgan fingerprint density at radius 2 is 1.84 bits per heavy atom. The summed E-state index contributed by atoms with van der Waals surface area (Å²) in [5.41, 5.74) is 2.74. The number of hydrogen-bond donors (Lipinski definition) is 2. The van der Waals surface area contributed by atoms with Gasteiger partial charge < -0.3 is 9.80 Å². The van der Waals surface area contributed by atoms with E-state index in [1.165, 1.54) is 47.1 Å². The van der Waals surface area contributed by atoms with Crippen LogP contribution in [0.2, 0.25) is 0 Å². The molecule has 1 saturated heterocycles. The molecule has 25 heavy (non-hydrogen) atoms. The molecule has 0 aliphatic carbocycles. The molecule has 0 bridgehead atoms. The van der Waals surface area contributed by atoms with Crippen LogP contribution in [0, 0.1) is 5.82 Å². The van der Waals surface area contributed by atoms with Gasteiger partial charge in [0.1, 0.15) is 38.0 Å². The van der Waals surface area contributed by atoms with Gasteiger partial charge in [0.05, 0.1) is 7.05 Å². The minimum Gasteiger partial charge on any atom is -0.328 e. The van der Waals surface area contributed by atoms with E-state index in [1.807, 2.05) is 6.07 Å². The molecular weight excluding hydrogens is 351 g/mol. The van der Waals surface area contributed by atoms with Crippen LogP contribution in [0.3, 0.4) is 0 Å². The fourth-order valence-electron chi connectivity index (χ4n) is 3.97. The summed E-state index contributed by atoms with van der Waals surface area (Å²) in [5, 5.41) is 0. The molecule has 0 amide bonds. The molecule has 2 aliphatic heterocycles. The number of halogens is 1. The molecule has 0 saturated carbocycles. The lowest BCUT2D eigenvalue weighted by molar-refractivity contribution is -1.02. The fraction of sp³-hybridized carbons (Fsp3) is 0.400. The lowest BCUT2D eigenvalue weighted by Gasteiger charge is -2.33. The normalized spacial score (nSPS) is 25.8. The Morgan fingerprint density at radius 3 is 2.60 bits per heavy atom. The summed E-state index contributed by atoms with van der Waals surface area (Å²) in [7, 11) is 2.29. The maximum atomic E-state index is 13.8. The van der Waals surface area contributed by atoms with Crippen molar-refractivity contribution in [2.45, 2.75) is 27.1 Å². The molecule has 2 N–H and O–H groups in total. The van der Waals surface area contributed by atoms with Gasteiger partial charge in [-0.1, -0.05) is 17.8 Å². The fourth-order valence-corrected chi connectivity index (χ4v) is 5.56. The van der Waals surface area contributed by atoms with Crippen LogP contribution in [-0.4, -0.2) is 39.5 Å². The van der Waals surface area contributed by atoms with Crippen molar-refractivity contribution in [1.29, 1.82) is 0 Å². The van der Waals surface area contributed by atoms with Crippen molar-refractivity contribution in [3.63, 3.8) is 0 Å². The first-order valence-corrected chi connectivity index (χ1v) is 11.0. The summed E-state index contributed by atoms with van der Waals surface area (Å²) < 4.78 is 13.8. The van der Waals surface area contributed by atoms with E-state index in [-0.39, 0.29) is 5.82 Å². The highest BCUT2D eigenvalue weighted by Gasteiger charge is 2.33. The second kappa shape index (κ2) is 7.31. The van der Waals surface area contributed by atoms with Gasteiger partial charge in [-0.15, -0.1) is 11.8 Å². The number of benzene rings is 2. The number of rotatable bonds is 2. The molecule has 2 aromatic carbocycles. The summed E-state index contributed by atoms with van der Waals surface area (Å²) in [6.07, 6.45) is 3.14. The summed E-state index contributed by atoms with van der Waals surface area (Å²) in [6.45, 7) is 4.88. The van der Waals surface area contributed by atoms with Gasteiger partial charge >= 0.3 is 0 Å². The molecule has 0 radical (unpaired) electrons. The van der Waals surface area contributed by atoms with Gasteiger partial charge in [0.25, 0.3) is 0 Å². The first kappa shape index (κ1) is 17.4. The van der Waals surface area contributed by atoms with Crippen LogP contribution in [0.25, 0.3) is 0 Å². The number of hydrogen-bond acceptors (Lipinski definition) is 2. The Morgan fingerprint density at radius 1 is 1.04 bits per heavy atom. The maximum absolute atomic E-state index is 13.8. The zero-order valence-corrected chi connectivity index (χ0v) is 16.4. The lowest BCUT2D eigenvalue weighted by atomic mass is 9.96. The molecule has 0 unspecified atom stereocenters. The summed E-state index contributed by atoms with van der Waals surface area (Å²) in [4.78, 5) is 7.02. The number of thioether (sulfide) groups is 1. The third-order valence-electron chi connectivity index (χ3n) is 5.50. The van der Waals surface area contributed by atoms with Crippen molar-refractivity contribution in [1.82, 2.24) is 0 Å². The zero-order valence-electron chi connectivity index (χ0n) is 14.8. The summed E-state index contributed by atoms with van der Waals surface area (Å²) >= 11 is 3.54. The predicted octanol–water partition coefficient (Wildman–Crippen LogP) is 1.71. The van der Waals surface area contributed by atoms with E-state index in [2.05, 4.69) is 31.5 Å². The Balaban J connectivity index is 1.77. The number of nitrogens with one attached hydrogen (secondary N) is 2. The molecule has 132 valence electrons. The Bertz CT molecular complexity index is 772. The highest BCUT2D eigenvalue weighted by atomic mass is 32.2. The van der Waals surface area contributed by atoms with Crippen LogP contribution in [0.1, 0.15) is 17.2 Å². The first-order valence-electron chi connectivity index (χ1n) is 8.94. The molecule has 5 heteroatoms. The van der Waals surface area contributed by atoms with Crippen LogP contribution in [0.15, 0.2) is 51.1 Å². The molecule has 4 rings (SSSR count). The van der Waals surface area contributed by atoms with Gasteiger partial charge in [0.2, 0.25) is 0 Å². The van der Waals surface area contributed by atoms with E-state index in [0.29, 0.717) is 6.04 Å². The van der Waals surface area contributed by atoms with Crippen LogP contribution in [0.5, 0.6) is 0 Å². The van der Waals surface area contributed by atoms with E-state index in [9.17, 15) is 4.39 Å². The van der Waals surface area contributed by atoms with Crippen molar-refractivity contribution in [3.05, 3.63) is 53.3 Å². The van der Waals surface area contributed by atoms with Crippen molar-refractivity contribution in [2.75, 3.05) is 39.5 Å². The standard InChI is InChI=1S/C20H23FN2S2/c1-22-7-9-23(10-8-22)18-11-14-3-4-15(21)12-20(14)25-19-6-5-16(24-2)13-17(18)19/h3-6,12-13,18H,7-11H2,1-2H3/p+2/t18-/m1/s1. The van der Waals surface area contributed by atoms with Crippen molar-refractivity contribution >= 4 is 23.5 Å². The van der Waals surface area contributed by atoms with Gasteiger partial charge in [-0.3, -0.25) is 0 Å². The quantitative estimate of drug-likeness (QED) is 0.772. The monoisotopic (exact) mass is 376 g/mol. The van der Waals surface area contributed by atoms with E-state index < -0.39 is 0 Å². The molecular formula is C20H25FN2S2+2. The van der Waals surface area contributed by atoms with Crippen molar-refractivity contribution in [2.24, 2.45) is 0 Å². The SMILES string of the molecule is CSc1ccc2c(c1)[C@H]([NH+]1CC[NH+](C)CC1)Cc1ccc(F)cc1S2. The van der Waals surface area contributed by atoms with Gasteiger partial charge in [0, 0.05) is 26.7 Å². The van der Waals surface area contributed by atoms with Crippen LogP contribution >= 0.6 is 23.5 Å². The van der Waals surface area contributed by atoms with Gasteiger partial charge in [0.15, 0.2) is 0 Å². The van der Waals surface area contributed by atoms with Gasteiger partial charge in [-0.25, -0.2) is 4.39 Å². The van der Waals surface area contributed by atoms with Gasteiger partial charge in [-0.05, 0) is 42.2 Å². The number of fused-ring (bicyclic) bond motifs is 2. The minimum atomic E-state index is -0.137. The Kier molecular flexibility index (Phi) is 5.09. The minimum absolute atomic E-state index is 0.137. The van der Waals surface area contributed by atoms with Gasteiger partial charge in [-0.2, -0.15) is 0 Å². The van der Waals surface area contributed by atoms with E-state index in [4.69, 9.17) is 0 Å². The maximum Gasteiger partial charge on any atom is 0.127 e. The van der Waals surface area contributed by atoms with Crippen LogP contribution < -0.4 is 9.80 Å². The third kappa shape index (κ3) is 3.61. The number of piperazine rings is 1. The highest BCUT2D eigenvalue weighted by Crippen LogP contribution is 2.41. The molecule has 2 aromatic rings. The molecule has 2 aliphatic rings. The molecule has 1 atom stereocenters. The van der Waals surface area contributed by atoms with E-state index in [0.717, 1.165) is 11.3 Å². The molecule has 0 aromatic heterocycles. The zero-order chi connectivity index (χ0) is 17.4. The lowest BCUT2D eigenvalue weighted by Crippen LogP contribution is -3.27. The Labute approximate surface area is 157 Å². The molecule has 0 spiro atoms. The highest BCUT2D eigenvalue weighted by molar-refractivity contribution is 7.99. The van der Waals surface area contributed by atoms with Crippen molar-refractivity contribution in [3.8, 4) is 0 Å². The van der Waals surface area contributed by atoms with Crippen LogP contribution in [-0.2, 0) is 6.42 Å². The summed E-state index contributed by atoms with van der Waals surface area (Å²) in [5.74, 6) is -0.137. The second-order valence-electron chi connectivity index (χ2n) is 7.13. The average Bonchev–Trinajstić information content (AvgIpc) is 2.78. The Hall–Kier alpha value is -1.01. The smallest absolute Gasteiger partial charge is 0.127 e. The number of quaternary nitrogens is 2. The largest absolute Gasteiger partial charge is 0.328 e. The topological polar surface area (TPSA) is 8.88 Å².